The van der Waals surface area contributed by atoms with Gasteiger partial charge in [-0.2, -0.15) is 0 Å². The molecule has 1 radical (unpaired) electrons. The summed E-state index contributed by atoms with van der Waals surface area (Å²) < 4.78 is 26.8. The van der Waals surface area contributed by atoms with Gasteiger partial charge in [-0.15, -0.1) is 11.8 Å². The predicted octanol–water partition coefficient (Wildman–Crippen LogP) is 3.28. The summed E-state index contributed by atoms with van der Waals surface area (Å²) in [6.07, 6.45) is 3.47. The Morgan fingerprint density at radius 2 is 2.09 bits per heavy atom. The van der Waals surface area contributed by atoms with Gasteiger partial charge in [0.25, 0.3) is 10.0 Å². The molecule has 0 bridgehead atoms. The molecule has 1 aromatic carbocycles. The van der Waals surface area contributed by atoms with Gasteiger partial charge in [-0.05, 0) is 24.5 Å². The number of carbonyl (C=O) groups is 1. The molecule has 0 aliphatic carbocycles. The Kier molecular flexibility index (Phi) is 9.75. The van der Waals surface area contributed by atoms with Crippen molar-refractivity contribution in [3.05, 3.63) is 35.5 Å². The van der Waals surface area contributed by atoms with E-state index in [2.05, 4.69) is 10.3 Å². The molecule has 0 aliphatic rings. The molecule has 0 saturated heterocycles. The molecule has 0 atom stereocenters. The maximum Gasteiger partial charge on any atom is 0.334 e. The van der Waals surface area contributed by atoms with Crippen LogP contribution in [0.25, 0.3) is 0 Å². The first-order valence-corrected chi connectivity index (χ1v) is 9.40. The van der Waals surface area contributed by atoms with Crippen molar-refractivity contribution in [1.29, 1.82) is 0 Å². The third-order valence-electron chi connectivity index (χ3n) is 2.24. The molecule has 121 valence electrons. The Balaban J connectivity index is 0.00000242. The minimum Gasteiger partial charge on any atom is -0.283 e. The molecular formula is C12H14ClN3NaO3S3. The summed E-state index contributed by atoms with van der Waals surface area (Å²) in [5, 5.41) is 2.95. The smallest absolute Gasteiger partial charge is 0.283 e. The van der Waals surface area contributed by atoms with E-state index in [0.717, 1.165) is 4.21 Å². The van der Waals surface area contributed by atoms with Gasteiger partial charge < -0.3 is 0 Å². The number of carbonyl (C=O) groups excluding carboxylic acids is 1. The first-order chi connectivity index (χ1) is 9.90. The number of halogens is 1. The number of anilines is 1. The average Bonchev–Trinajstić information content (AvgIpc) is 2.85. The third kappa shape index (κ3) is 6.61. The number of nitrogens with one attached hydrogen (secondary N) is 2. The van der Waals surface area contributed by atoms with Crippen molar-refractivity contribution < 1.29 is 13.2 Å². The van der Waals surface area contributed by atoms with Crippen molar-refractivity contribution in [3.63, 3.8) is 0 Å². The molecule has 11 heteroatoms. The molecule has 6 nitrogen and oxygen atoms in total. The number of urea groups is 1. The van der Waals surface area contributed by atoms with Crippen LogP contribution in [0.2, 0.25) is 5.02 Å². The van der Waals surface area contributed by atoms with Gasteiger partial charge in [-0.25, -0.2) is 22.9 Å². The van der Waals surface area contributed by atoms with E-state index in [1.807, 2.05) is 11.0 Å². The van der Waals surface area contributed by atoms with Crippen LogP contribution in [0.5, 0.6) is 0 Å². The number of aromatic nitrogens is 1. The van der Waals surface area contributed by atoms with Crippen molar-refractivity contribution in [2.75, 3.05) is 11.6 Å². The SMILES string of the molecule is C.CSc1cnc(NC(=O)NS(=O)(=O)c2cccc(Cl)c2)s1.[Na]. The molecule has 0 aliphatic heterocycles. The van der Waals surface area contributed by atoms with Crippen LogP contribution >= 0.6 is 34.7 Å². The molecule has 0 saturated carbocycles. The number of rotatable bonds is 4. The summed E-state index contributed by atoms with van der Waals surface area (Å²) in [7, 11) is -3.98. The molecular weight excluding hydrogens is 389 g/mol. The van der Waals surface area contributed by atoms with E-state index in [-0.39, 0.29) is 46.9 Å². The van der Waals surface area contributed by atoms with Crippen LogP contribution in [0.4, 0.5) is 9.93 Å². The zero-order valence-electron chi connectivity index (χ0n) is 11.7. The summed E-state index contributed by atoms with van der Waals surface area (Å²) >= 11 is 8.46. The number of hydrogen-bond acceptors (Lipinski definition) is 6. The van der Waals surface area contributed by atoms with Crippen LogP contribution < -0.4 is 10.0 Å². The molecule has 2 rings (SSSR count). The first-order valence-electron chi connectivity index (χ1n) is 5.50. The molecule has 0 fully saturated rings. The Labute approximate surface area is 170 Å². The summed E-state index contributed by atoms with van der Waals surface area (Å²) in [6.45, 7) is 0. The number of nitrogens with zero attached hydrogens (tertiary/aromatic N) is 1. The van der Waals surface area contributed by atoms with Gasteiger partial charge in [0, 0.05) is 34.6 Å². The van der Waals surface area contributed by atoms with E-state index in [0.29, 0.717) is 5.13 Å². The summed E-state index contributed by atoms with van der Waals surface area (Å²) in [6, 6.07) is 4.75. The van der Waals surface area contributed by atoms with Crippen molar-refractivity contribution >= 4 is 85.4 Å². The van der Waals surface area contributed by atoms with Crippen molar-refractivity contribution in [3.8, 4) is 0 Å². The van der Waals surface area contributed by atoms with E-state index in [4.69, 9.17) is 11.6 Å². The Hall–Kier alpha value is -0.290. The van der Waals surface area contributed by atoms with Crippen LogP contribution in [0.15, 0.2) is 39.6 Å². The van der Waals surface area contributed by atoms with Gasteiger partial charge in [-0.1, -0.05) is 36.4 Å². The molecule has 1 aromatic heterocycles. The molecule has 2 N–H and O–H groups in total. The Morgan fingerprint density at radius 1 is 1.39 bits per heavy atom. The summed E-state index contributed by atoms with van der Waals surface area (Å²) in [5.41, 5.74) is 0. The van der Waals surface area contributed by atoms with Crippen LogP contribution in [0.3, 0.4) is 0 Å². The normalized spacial score (nSPS) is 10.2. The van der Waals surface area contributed by atoms with Crippen LogP contribution in [-0.4, -0.2) is 55.2 Å². The van der Waals surface area contributed by atoms with Crippen LogP contribution in [-0.2, 0) is 10.0 Å². The first kappa shape index (κ1) is 22.7. The van der Waals surface area contributed by atoms with E-state index < -0.39 is 16.1 Å². The quantitative estimate of drug-likeness (QED) is 0.605. The maximum absolute atomic E-state index is 12.0. The van der Waals surface area contributed by atoms with Crippen molar-refractivity contribution in [2.24, 2.45) is 0 Å². The predicted molar refractivity (Wildman–Crippen MR) is 97.2 cm³/mol. The Morgan fingerprint density at radius 3 is 2.65 bits per heavy atom. The van der Waals surface area contributed by atoms with Gasteiger partial charge in [0.15, 0.2) is 5.13 Å². The van der Waals surface area contributed by atoms with Gasteiger partial charge >= 0.3 is 6.03 Å². The molecule has 23 heavy (non-hydrogen) atoms. The number of amides is 2. The number of thioether (sulfide) groups is 1. The fourth-order valence-electron chi connectivity index (χ4n) is 1.35. The Bertz CT molecular complexity index is 768. The molecule has 0 spiro atoms. The zero-order chi connectivity index (χ0) is 15.5. The van der Waals surface area contributed by atoms with E-state index in [1.165, 1.54) is 41.3 Å². The van der Waals surface area contributed by atoms with Gasteiger partial charge in [0.1, 0.15) is 0 Å². The summed E-state index contributed by atoms with van der Waals surface area (Å²) in [4.78, 5) is 15.6. The topological polar surface area (TPSA) is 88.2 Å². The van der Waals surface area contributed by atoms with E-state index in [9.17, 15) is 13.2 Å². The molecule has 2 aromatic rings. The number of sulfonamides is 1. The molecule has 0 unspecified atom stereocenters. The van der Waals surface area contributed by atoms with Crippen molar-refractivity contribution in [2.45, 2.75) is 16.5 Å². The second-order valence-corrected chi connectivity index (χ2v) is 7.96. The third-order valence-corrected chi connectivity index (χ3v) is 5.77. The minimum atomic E-state index is -3.98. The second-order valence-electron chi connectivity index (χ2n) is 3.71. The second kappa shape index (κ2) is 9.87. The van der Waals surface area contributed by atoms with Gasteiger partial charge in [-0.3, -0.25) is 5.32 Å². The maximum atomic E-state index is 12.0. The zero-order valence-corrected chi connectivity index (χ0v) is 16.9. The number of hydrogen-bond donors (Lipinski definition) is 2. The number of thiazole rings is 1. The fraction of sp³-hybridized carbons (Fsp3) is 0.167. The number of benzene rings is 1. The van der Waals surface area contributed by atoms with E-state index >= 15 is 0 Å². The van der Waals surface area contributed by atoms with Gasteiger partial charge in [0.2, 0.25) is 0 Å². The standard InChI is InChI=1S/C11H10ClN3O3S3.CH4.Na/c1-19-9-6-13-11(20-9)14-10(16)15-21(17,18)8-4-2-3-7(12)5-8;;/h2-6H,1H3,(H2,13,14,15,16);1H4;. The monoisotopic (exact) mass is 402 g/mol. The van der Waals surface area contributed by atoms with Crippen LogP contribution in [0, 0.1) is 0 Å². The molecule has 1 heterocycles. The minimum absolute atomic E-state index is 0. The molecule has 2 amide bonds. The van der Waals surface area contributed by atoms with Crippen LogP contribution in [0.1, 0.15) is 7.43 Å². The van der Waals surface area contributed by atoms with Crippen molar-refractivity contribution in [1.82, 2.24) is 9.71 Å². The van der Waals surface area contributed by atoms with E-state index in [1.54, 1.807) is 12.3 Å². The fourth-order valence-corrected chi connectivity index (χ4v) is 3.83. The summed E-state index contributed by atoms with van der Waals surface area (Å²) in [5.74, 6) is 0. The van der Waals surface area contributed by atoms with Gasteiger partial charge in [0.05, 0.1) is 15.3 Å². The largest absolute Gasteiger partial charge is 0.334 e. The average molecular weight is 403 g/mol.